The van der Waals surface area contributed by atoms with Gasteiger partial charge in [-0.05, 0) is 95.0 Å². The minimum absolute atomic E-state index is 0.227. The molecular weight excluding hydrogens is 747 g/mol. The van der Waals surface area contributed by atoms with Crippen molar-refractivity contribution in [2.45, 2.75) is 101 Å². The molecule has 12 nitrogen and oxygen atoms in total. The first-order chi connectivity index (χ1) is 28.6. The quantitative estimate of drug-likeness (QED) is 0.0684. The molecule has 1 atom stereocenters. The molecule has 4 saturated heterocycles. The highest BCUT2D eigenvalue weighted by Gasteiger charge is 2.18. The number of hydrogen-bond acceptors (Lipinski definition) is 10. The standard InChI is InChI=1S/2C8H8.C5H4O3.C4H9N.C4H4O2.C3H7N.2C3H6O.4C2H6.CH3N3/c1-2-4-8-6-5-7(8)3-1;1-2-8-6-4-3-5-7-8;1-3-2-4(6)8-5(3)7;1-5-3-2-4-5;5-4-2-1-3-6-4;1-4-2-3-4;1-3-2-4-3;1-2-4-3-1;4*1-2;1-3-4-2/h1-4H,5-6H2;2-7H,1H2;2H,1H3;2-4H2,1H3;1-2H,3H2;2-3H2,1H3;3H,2H2,1H3;1-3H2;4*1-2H3;1H3. The van der Waals surface area contributed by atoms with Gasteiger partial charge in [0.2, 0.25) is 0 Å². The summed E-state index contributed by atoms with van der Waals surface area (Å²) in [5.74, 6) is -1.32. The van der Waals surface area contributed by atoms with E-state index in [1.54, 1.807) is 17.2 Å². The summed E-state index contributed by atoms with van der Waals surface area (Å²) in [7, 11) is 5.64. The van der Waals surface area contributed by atoms with E-state index in [9.17, 15) is 14.4 Å². The number of benzene rings is 2. The lowest BCUT2D eigenvalue weighted by Crippen LogP contribution is -2.32. The van der Waals surface area contributed by atoms with Crippen molar-refractivity contribution in [3.8, 4) is 0 Å². The van der Waals surface area contributed by atoms with Crippen LogP contribution < -0.4 is 0 Å². The Balaban J connectivity index is -0.000000286. The van der Waals surface area contributed by atoms with E-state index in [0.29, 0.717) is 18.3 Å². The number of carbonyl (C=O) groups is 3. The van der Waals surface area contributed by atoms with Crippen molar-refractivity contribution in [2.75, 3.05) is 73.7 Å². The summed E-state index contributed by atoms with van der Waals surface area (Å²) in [4.78, 5) is 37.3. The lowest BCUT2D eigenvalue weighted by molar-refractivity contribution is -0.150. The molecule has 0 N–H and O–H groups in total. The smallest absolute Gasteiger partial charge is 0.341 e. The van der Waals surface area contributed by atoms with Crippen LogP contribution in [0.25, 0.3) is 16.5 Å². The lowest BCUT2D eigenvalue weighted by atomic mass is 9.89. The fourth-order valence-electron chi connectivity index (χ4n) is 3.30. The van der Waals surface area contributed by atoms with Gasteiger partial charge in [-0.25, -0.2) is 14.4 Å². The molecule has 0 saturated carbocycles. The monoisotopic (exact) mass is 826 g/mol. The van der Waals surface area contributed by atoms with Crippen LogP contribution in [-0.2, 0) is 46.2 Å². The maximum absolute atomic E-state index is 10.3. The number of hydrogen-bond donors (Lipinski definition) is 0. The Morgan fingerprint density at radius 2 is 1.17 bits per heavy atom. The third-order valence-corrected chi connectivity index (χ3v) is 7.16. The molecule has 2 aromatic rings. The lowest BCUT2D eigenvalue weighted by Gasteiger charge is -2.24. The molecule has 6 aliphatic heterocycles. The molecule has 9 rings (SSSR count). The Labute approximate surface area is 358 Å². The Bertz CT molecular complexity index is 1370. The number of fused-ring (bicyclic) bond motifs is 1. The number of esters is 3. The normalized spacial score (nSPS) is 16.5. The molecule has 4 fully saturated rings. The zero-order valence-electron chi connectivity index (χ0n) is 38.9. The summed E-state index contributed by atoms with van der Waals surface area (Å²) in [6.45, 7) is 31.9. The summed E-state index contributed by atoms with van der Waals surface area (Å²) in [5, 5.41) is 2.92. The minimum atomic E-state index is -0.562. The van der Waals surface area contributed by atoms with Crippen molar-refractivity contribution in [2.24, 2.45) is 5.11 Å². The summed E-state index contributed by atoms with van der Waals surface area (Å²) in [5.41, 5.74) is 12.0. The Morgan fingerprint density at radius 1 is 0.780 bits per heavy atom. The first kappa shape index (κ1) is 61.1. The van der Waals surface area contributed by atoms with Crippen LogP contribution in [0.5, 0.6) is 0 Å². The highest BCUT2D eigenvalue weighted by molar-refractivity contribution is 6.08. The van der Waals surface area contributed by atoms with Crippen LogP contribution in [0.15, 0.2) is 90.1 Å². The van der Waals surface area contributed by atoms with Crippen molar-refractivity contribution < 1.29 is 33.3 Å². The topological polar surface area (TPSA) is 146 Å². The van der Waals surface area contributed by atoms with Crippen LogP contribution in [-0.4, -0.2) is 108 Å². The highest BCUT2D eigenvalue weighted by Crippen LogP contribution is 2.20. The number of epoxide rings is 1. The van der Waals surface area contributed by atoms with Gasteiger partial charge in [0.15, 0.2) is 0 Å². The molecule has 59 heavy (non-hydrogen) atoms. The van der Waals surface area contributed by atoms with Crippen molar-refractivity contribution in [3.05, 3.63) is 112 Å². The maximum Gasteiger partial charge on any atom is 0.341 e. The SMILES string of the molecule is C1COC1.C=Cc1ccccc1.CC.CC.CC.CC.CC1=CC(=O)OC1=O.CC1CO1.CN1CC1.CN1CCC1.CN=[N+]=[N-].O=C1C=CCO1.c1ccc2c(c1)CC2. The molecule has 0 aromatic heterocycles. The molecular formula is C47H79N5O7. The van der Waals surface area contributed by atoms with E-state index in [-0.39, 0.29) is 5.97 Å². The largest absolute Gasteiger partial charge is 0.458 e. The van der Waals surface area contributed by atoms with Gasteiger partial charge >= 0.3 is 17.9 Å². The zero-order valence-corrected chi connectivity index (χ0v) is 38.9. The molecule has 334 valence electrons. The van der Waals surface area contributed by atoms with Gasteiger partial charge in [-0.1, -0.05) is 128 Å². The van der Waals surface area contributed by atoms with Gasteiger partial charge < -0.3 is 28.7 Å². The average molecular weight is 826 g/mol. The zero-order chi connectivity index (χ0) is 45.7. The van der Waals surface area contributed by atoms with Gasteiger partial charge in [0, 0.05) is 56.0 Å². The van der Waals surface area contributed by atoms with E-state index in [0.717, 1.165) is 19.8 Å². The van der Waals surface area contributed by atoms with Crippen molar-refractivity contribution in [1.82, 2.24) is 9.80 Å². The Morgan fingerprint density at radius 3 is 1.29 bits per heavy atom. The van der Waals surface area contributed by atoms with Gasteiger partial charge in [-0.3, -0.25) is 0 Å². The minimum Gasteiger partial charge on any atom is -0.458 e. The highest BCUT2D eigenvalue weighted by atomic mass is 16.6. The second-order valence-electron chi connectivity index (χ2n) is 11.8. The summed E-state index contributed by atoms with van der Waals surface area (Å²) < 4.78 is 17.9. The van der Waals surface area contributed by atoms with Crippen molar-refractivity contribution >= 4 is 24.0 Å². The van der Waals surface area contributed by atoms with E-state index in [1.165, 1.54) is 83.5 Å². The van der Waals surface area contributed by atoms with Gasteiger partial charge in [-0.2, -0.15) is 0 Å². The first-order valence-corrected chi connectivity index (χ1v) is 21.1. The van der Waals surface area contributed by atoms with Crippen LogP contribution >= 0.6 is 0 Å². The summed E-state index contributed by atoms with van der Waals surface area (Å²) >= 11 is 0. The van der Waals surface area contributed by atoms with Crippen molar-refractivity contribution in [1.29, 1.82) is 0 Å². The number of aryl methyl sites for hydroxylation is 2. The van der Waals surface area contributed by atoms with Crippen molar-refractivity contribution in [3.63, 3.8) is 0 Å². The van der Waals surface area contributed by atoms with Crippen LogP contribution in [0.3, 0.4) is 0 Å². The van der Waals surface area contributed by atoms with E-state index in [4.69, 9.17) is 15.0 Å². The fourth-order valence-corrected chi connectivity index (χ4v) is 3.30. The van der Waals surface area contributed by atoms with Gasteiger partial charge in [-0.15, -0.1) is 0 Å². The molecule has 6 heterocycles. The predicted octanol–water partition coefficient (Wildman–Crippen LogP) is 10.3. The number of azide groups is 1. The molecule has 0 spiro atoms. The van der Waals surface area contributed by atoms with Gasteiger partial charge in [0.1, 0.15) is 6.61 Å². The third-order valence-electron chi connectivity index (χ3n) is 7.16. The molecule has 0 bridgehead atoms. The second-order valence-corrected chi connectivity index (χ2v) is 11.8. The molecule has 7 aliphatic rings. The molecule has 1 unspecified atom stereocenters. The van der Waals surface area contributed by atoms with E-state index in [1.807, 2.05) is 91.8 Å². The maximum atomic E-state index is 10.3. The van der Waals surface area contributed by atoms with Crippen LogP contribution in [0.4, 0.5) is 0 Å². The second kappa shape index (κ2) is 46.1. The number of carbonyl (C=O) groups excluding carboxylic acids is 3. The van der Waals surface area contributed by atoms with Crippen LogP contribution in [0, 0.1) is 0 Å². The number of ether oxygens (including phenoxy) is 4. The predicted molar refractivity (Wildman–Crippen MR) is 246 cm³/mol. The number of cyclic esters (lactones) is 3. The third kappa shape index (κ3) is 42.8. The number of likely N-dealkylation sites (N-methyl/N-ethyl adjacent to an activating group) is 1. The molecule has 2 aromatic carbocycles. The van der Waals surface area contributed by atoms with Gasteiger partial charge in [0.25, 0.3) is 0 Å². The fraction of sp³-hybridized carbons (Fsp3) is 0.553. The first-order valence-electron chi connectivity index (χ1n) is 21.1. The Hall–Kier alpha value is -4.58. The average Bonchev–Trinajstić information content (AvgIpc) is 4.14. The Kier molecular flexibility index (Phi) is 47.7. The molecule has 1 aliphatic carbocycles. The van der Waals surface area contributed by atoms with E-state index >= 15 is 0 Å². The van der Waals surface area contributed by atoms with Crippen LogP contribution in [0.2, 0.25) is 0 Å². The summed E-state index contributed by atoms with van der Waals surface area (Å²) in [6.07, 6.45) is 12.0. The van der Waals surface area contributed by atoms with Crippen LogP contribution in [0.1, 0.15) is 98.8 Å². The number of rotatable bonds is 1. The van der Waals surface area contributed by atoms with Gasteiger partial charge in [0.05, 0.1) is 12.7 Å². The number of nitrogens with zero attached hydrogens (tertiary/aromatic N) is 5. The number of likely N-dealkylation sites (tertiary alicyclic amines) is 1. The molecule has 12 heteroatoms. The van der Waals surface area contributed by atoms with E-state index < -0.39 is 11.9 Å². The molecule has 0 radical (unpaired) electrons. The molecule has 0 amide bonds. The van der Waals surface area contributed by atoms with E-state index in [2.05, 4.69) is 81.2 Å². The summed E-state index contributed by atoms with van der Waals surface area (Å²) in [6, 6.07) is 18.7.